The Kier molecular flexibility index (Phi) is 5.41. The van der Waals surface area contributed by atoms with Crippen molar-refractivity contribution in [1.82, 2.24) is 0 Å². The van der Waals surface area contributed by atoms with Crippen LogP contribution in [0.15, 0.2) is 5.11 Å². The zero-order valence-corrected chi connectivity index (χ0v) is 10.5. The number of amidine groups is 2. The predicted molar refractivity (Wildman–Crippen MR) is 66.9 cm³/mol. The molecule has 0 aliphatic carbocycles. The normalized spacial score (nSPS) is 17.2. The van der Waals surface area contributed by atoms with E-state index < -0.39 is 23.3 Å². The quantitative estimate of drug-likeness (QED) is 0.214. The largest absolute Gasteiger partial charge is 0.479 e. The summed E-state index contributed by atoms with van der Waals surface area (Å²) in [7, 11) is 0. The van der Waals surface area contributed by atoms with Crippen molar-refractivity contribution in [3.8, 4) is 0 Å². The molecule has 0 aliphatic rings. The molecule has 0 fully saturated rings. The lowest BCUT2D eigenvalue weighted by atomic mass is 9.81. The van der Waals surface area contributed by atoms with Crippen LogP contribution in [0.4, 0.5) is 0 Å². The highest BCUT2D eigenvalue weighted by Crippen LogP contribution is 2.29. The molecule has 0 bridgehead atoms. The second kappa shape index (κ2) is 6.08. The second-order valence-electron chi connectivity index (χ2n) is 4.57. The van der Waals surface area contributed by atoms with E-state index in [2.05, 4.69) is 5.11 Å². The third kappa shape index (κ3) is 3.79. The first-order valence-corrected chi connectivity index (χ1v) is 5.46. The molecule has 0 aliphatic heterocycles. The molecule has 8 nitrogen and oxygen atoms in total. The van der Waals surface area contributed by atoms with Gasteiger partial charge in [0.1, 0.15) is 0 Å². The van der Waals surface area contributed by atoms with Crippen molar-refractivity contribution >= 4 is 17.6 Å². The minimum atomic E-state index is -1.68. The summed E-state index contributed by atoms with van der Waals surface area (Å²) in [5, 5.41) is 27.0. The molecule has 0 spiro atoms. The van der Waals surface area contributed by atoms with Gasteiger partial charge in [0, 0.05) is 11.8 Å². The van der Waals surface area contributed by atoms with Crippen LogP contribution in [0, 0.1) is 28.2 Å². The van der Waals surface area contributed by atoms with E-state index in [4.69, 9.17) is 27.8 Å². The fourth-order valence-corrected chi connectivity index (χ4v) is 1.63. The number of carbonyl (C=O) groups is 1. The Morgan fingerprint density at radius 1 is 1.22 bits per heavy atom. The molecular weight excluding hydrogens is 236 g/mol. The maximum absolute atomic E-state index is 11.3. The summed E-state index contributed by atoms with van der Waals surface area (Å²) in [6, 6.07) is 0. The first-order chi connectivity index (χ1) is 8.16. The zero-order valence-electron chi connectivity index (χ0n) is 10.5. The van der Waals surface area contributed by atoms with Gasteiger partial charge in [-0.1, -0.05) is 13.8 Å². The van der Waals surface area contributed by atoms with Crippen LogP contribution >= 0.6 is 0 Å². The maximum atomic E-state index is 11.3. The number of rotatable bonds is 8. The fraction of sp³-hybridized carbons (Fsp3) is 0.700. The molecule has 18 heavy (non-hydrogen) atoms. The van der Waals surface area contributed by atoms with Crippen LogP contribution < -0.4 is 11.5 Å². The SMILES string of the molecule is CC(CC(CC(C)C(=N)N)(N=N)C(=O)O)C(=N)N. The molecule has 0 aromatic heterocycles. The van der Waals surface area contributed by atoms with E-state index in [1.807, 2.05) is 0 Å². The minimum Gasteiger partial charge on any atom is -0.479 e. The number of carboxylic acids is 1. The van der Waals surface area contributed by atoms with Crippen molar-refractivity contribution in [3.05, 3.63) is 0 Å². The molecule has 2 atom stereocenters. The van der Waals surface area contributed by atoms with Crippen LogP contribution in [-0.4, -0.2) is 28.3 Å². The van der Waals surface area contributed by atoms with Gasteiger partial charge in [-0.15, -0.1) is 0 Å². The molecule has 0 aromatic rings. The zero-order chi connectivity index (χ0) is 14.5. The van der Waals surface area contributed by atoms with Crippen LogP contribution in [0.5, 0.6) is 0 Å². The van der Waals surface area contributed by atoms with Gasteiger partial charge >= 0.3 is 5.97 Å². The summed E-state index contributed by atoms with van der Waals surface area (Å²) in [5.41, 5.74) is 16.1. The van der Waals surface area contributed by atoms with E-state index in [0.717, 1.165) is 0 Å². The number of aliphatic carboxylic acids is 1. The number of carboxylic acid groups (broad SMARTS) is 1. The Morgan fingerprint density at radius 3 is 1.72 bits per heavy atom. The van der Waals surface area contributed by atoms with Gasteiger partial charge in [-0.2, -0.15) is 5.11 Å². The second-order valence-corrected chi connectivity index (χ2v) is 4.57. The van der Waals surface area contributed by atoms with Gasteiger partial charge in [0.25, 0.3) is 0 Å². The van der Waals surface area contributed by atoms with Gasteiger partial charge in [0.2, 0.25) is 0 Å². The number of nitrogens with two attached hydrogens (primary N) is 2. The lowest BCUT2D eigenvalue weighted by Crippen LogP contribution is -2.43. The van der Waals surface area contributed by atoms with Gasteiger partial charge in [0.05, 0.1) is 11.7 Å². The minimum absolute atomic E-state index is 0.0568. The van der Waals surface area contributed by atoms with Crippen LogP contribution in [0.2, 0.25) is 0 Å². The van der Waals surface area contributed by atoms with E-state index in [9.17, 15) is 9.90 Å². The fourth-order valence-electron chi connectivity index (χ4n) is 1.63. The first kappa shape index (κ1) is 16.0. The Bertz CT molecular complexity index is 345. The summed E-state index contributed by atoms with van der Waals surface area (Å²) >= 11 is 0. The summed E-state index contributed by atoms with van der Waals surface area (Å²) in [6.07, 6.45) is -0.114. The lowest BCUT2D eigenvalue weighted by Gasteiger charge is -2.28. The van der Waals surface area contributed by atoms with E-state index in [-0.39, 0.29) is 24.5 Å². The average molecular weight is 256 g/mol. The number of hydrogen-bond donors (Lipinski definition) is 6. The molecular formula is C10H20N6O2. The van der Waals surface area contributed by atoms with E-state index in [1.54, 1.807) is 13.8 Å². The highest BCUT2D eigenvalue weighted by molar-refractivity contribution is 5.85. The molecule has 0 heterocycles. The van der Waals surface area contributed by atoms with Gasteiger partial charge in [-0.05, 0) is 12.8 Å². The molecule has 2 unspecified atom stereocenters. The number of nitrogens with one attached hydrogen (secondary N) is 3. The topological polar surface area (TPSA) is 173 Å². The van der Waals surface area contributed by atoms with Crippen molar-refractivity contribution in [3.63, 3.8) is 0 Å². The predicted octanol–water partition coefficient (Wildman–Crippen LogP) is 0.765. The standard InChI is InChI=1S/C10H20N6O2/c1-5(7(11)12)3-10(16-15,9(17)18)4-6(2)8(13)14/h5-6,15H,3-4H2,1-2H3,(H3,11,12)(H3,13,14)(H,17,18). The van der Waals surface area contributed by atoms with Crippen molar-refractivity contribution in [2.45, 2.75) is 32.2 Å². The Balaban J connectivity index is 5.17. The highest BCUT2D eigenvalue weighted by Gasteiger charge is 2.42. The van der Waals surface area contributed by atoms with Gasteiger partial charge in [-0.3, -0.25) is 10.8 Å². The number of hydrogen-bond acceptors (Lipinski definition) is 5. The summed E-state index contributed by atoms with van der Waals surface area (Å²) in [6.45, 7) is 3.20. The molecule has 0 saturated heterocycles. The van der Waals surface area contributed by atoms with Gasteiger partial charge in [0.15, 0.2) is 5.54 Å². The number of nitrogens with zero attached hydrogens (tertiary/aromatic N) is 1. The van der Waals surface area contributed by atoms with Crippen molar-refractivity contribution < 1.29 is 9.90 Å². The van der Waals surface area contributed by atoms with E-state index >= 15 is 0 Å². The molecule has 0 saturated carbocycles. The van der Waals surface area contributed by atoms with Crippen molar-refractivity contribution in [2.24, 2.45) is 28.4 Å². The first-order valence-electron chi connectivity index (χ1n) is 5.46. The molecule has 0 amide bonds. The molecule has 102 valence electrons. The van der Waals surface area contributed by atoms with Crippen LogP contribution in [0.1, 0.15) is 26.7 Å². The third-order valence-corrected chi connectivity index (χ3v) is 2.96. The van der Waals surface area contributed by atoms with Crippen LogP contribution in [0.3, 0.4) is 0 Å². The lowest BCUT2D eigenvalue weighted by molar-refractivity contribution is -0.144. The monoisotopic (exact) mass is 256 g/mol. The van der Waals surface area contributed by atoms with Gasteiger partial charge in [-0.25, -0.2) is 10.3 Å². The summed E-state index contributed by atoms with van der Waals surface area (Å²) in [4.78, 5) is 11.3. The van der Waals surface area contributed by atoms with Crippen LogP contribution in [0.25, 0.3) is 0 Å². The average Bonchev–Trinajstić information content (AvgIpc) is 2.26. The third-order valence-electron chi connectivity index (χ3n) is 2.96. The van der Waals surface area contributed by atoms with Gasteiger partial charge < -0.3 is 16.6 Å². The van der Waals surface area contributed by atoms with E-state index in [1.165, 1.54) is 0 Å². The molecule has 0 rings (SSSR count). The highest BCUT2D eigenvalue weighted by atomic mass is 16.4. The van der Waals surface area contributed by atoms with Crippen LogP contribution in [-0.2, 0) is 4.79 Å². The Morgan fingerprint density at radius 2 is 1.56 bits per heavy atom. The molecule has 8 heteroatoms. The van der Waals surface area contributed by atoms with Crippen molar-refractivity contribution in [2.75, 3.05) is 0 Å². The van der Waals surface area contributed by atoms with E-state index in [0.29, 0.717) is 0 Å². The summed E-state index contributed by atoms with van der Waals surface area (Å²) in [5.74, 6) is -2.58. The molecule has 8 N–H and O–H groups in total. The Hall–Kier alpha value is -1.99. The maximum Gasteiger partial charge on any atom is 0.333 e. The summed E-state index contributed by atoms with van der Waals surface area (Å²) < 4.78 is 0. The smallest absolute Gasteiger partial charge is 0.333 e. The molecule has 0 aromatic carbocycles. The van der Waals surface area contributed by atoms with Crippen molar-refractivity contribution in [1.29, 1.82) is 16.3 Å². The Labute approximate surface area is 105 Å². The molecule has 0 radical (unpaired) electrons.